The number of rotatable bonds is 3. The molecule has 0 saturated carbocycles. The number of fused-ring (bicyclic) bond motifs is 1. The van der Waals surface area contributed by atoms with Gasteiger partial charge in [-0.2, -0.15) is 0 Å². The predicted octanol–water partition coefficient (Wildman–Crippen LogP) is 2.06. The molecule has 0 atom stereocenters. The summed E-state index contributed by atoms with van der Waals surface area (Å²) >= 11 is 0. The van der Waals surface area contributed by atoms with E-state index in [0.29, 0.717) is 0 Å². The van der Waals surface area contributed by atoms with Crippen LogP contribution in [0.5, 0.6) is 0 Å². The van der Waals surface area contributed by atoms with Crippen LogP contribution in [0.1, 0.15) is 11.3 Å². The minimum absolute atomic E-state index is 0.157. The second kappa shape index (κ2) is 5.31. The van der Waals surface area contributed by atoms with Gasteiger partial charge >= 0.3 is 0 Å². The Morgan fingerprint density at radius 3 is 2.84 bits per heavy atom. The number of aromatic amines is 1. The first kappa shape index (κ1) is 12.6. The molecule has 1 aromatic heterocycles. The molecule has 0 unspecified atom stereocenters. The number of hydrogen-bond donors (Lipinski definition) is 2. The fourth-order valence-electron chi connectivity index (χ4n) is 2.88. The highest BCUT2D eigenvalue weighted by Gasteiger charge is 2.13. The maximum Gasteiger partial charge on any atom is 0.123 e. The zero-order valence-corrected chi connectivity index (χ0v) is 11.3. The van der Waals surface area contributed by atoms with Gasteiger partial charge in [0.25, 0.3) is 0 Å². The maximum absolute atomic E-state index is 13.4. The largest absolute Gasteiger partial charge is 0.358 e. The van der Waals surface area contributed by atoms with Gasteiger partial charge in [0.15, 0.2) is 0 Å². The number of nitrogens with zero attached hydrogens (tertiary/aromatic N) is 1. The van der Waals surface area contributed by atoms with Gasteiger partial charge in [-0.15, -0.1) is 0 Å². The Morgan fingerprint density at radius 1 is 1.26 bits per heavy atom. The number of halogens is 1. The van der Waals surface area contributed by atoms with Crippen LogP contribution in [0.15, 0.2) is 18.2 Å². The minimum atomic E-state index is -0.157. The number of aromatic nitrogens is 1. The molecule has 1 saturated heterocycles. The summed E-state index contributed by atoms with van der Waals surface area (Å²) in [5.41, 5.74) is 3.46. The third-order valence-electron chi connectivity index (χ3n) is 3.97. The molecule has 2 N–H and O–H groups in total. The van der Waals surface area contributed by atoms with Gasteiger partial charge in [-0.05, 0) is 37.1 Å². The molecular formula is C15H20FN3. The molecule has 19 heavy (non-hydrogen) atoms. The second-order valence-corrected chi connectivity index (χ2v) is 5.26. The highest BCUT2D eigenvalue weighted by molar-refractivity contribution is 5.84. The van der Waals surface area contributed by atoms with E-state index >= 15 is 0 Å². The van der Waals surface area contributed by atoms with Crippen molar-refractivity contribution < 1.29 is 4.39 Å². The van der Waals surface area contributed by atoms with Crippen LogP contribution in [0.25, 0.3) is 10.9 Å². The van der Waals surface area contributed by atoms with Gasteiger partial charge in [-0.25, -0.2) is 4.39 Å². The van der Waals surface area contributed by atoms with Crippen molar-refractivity contribution in [3.05, 3.63) is 35.3 Å². The lowest BCUT2D eigenvalue weighted by Crippen LogP contribution is -2.44. The third-order valence-corrected chi connectivity index (χ3v) is 3.97. The van der Waals surface area contributed by atoms with Crippen LogP contribution < -0.4 is 5.32 Å². The SMILES string of the molecule is Cc1[nH]c2ccc(F)cc2c1CCN1CCNCC1. The lowest BCUT2D eigenvalue weighted by Gasteiger charge is -2.27. The number of benzene rings is 1. The van der Waals surface area contributed by atoms with E-state index in [9.17, 15) is 4.39 Å². The molecule has 1 aromatic carbocycles. The average molecular weight is 261 g/mol. The normalized spacial score (nSPS) is 17.2. The molecule has 0 aliphatic carbocycles. The van der Waals surface area contributed by atoms with E-state index in [2.05, 4.69) is 22.1 Å². The lowest BCUT2D eigenvalue weighted by molar-refractivity contribution is 0.244. The van der Waals surface area contributed by atoms with Gasteiger partial charge in [-0.1, -0.05) is 0 Å². The van der Waals surface area contributed by atoms with E-state index in [4.69, 9.17) is 0 Å². The summed E-state index contributed by atoms with van der Waals surface area (Å²) in [5.74, 6) is -0.157. The summed E-state index contributed by atoms with van der Waals surface area (Å²) in [6.07, 6.45) is 0.981. The third kappa shape index (κ3) is 2.65. The predicted molar refractivity (Wildman–Crippen MR) is 76.0 cm³/mol. The van der Waals surface area contributed by atoms with Crippen LogP contribution >= 0.6 is 0 Å². The molecular weight excluding hydrogens is 241 g/mol. The van der Waals surface area contributed by atoms with Gasteiger partial charge < -0.3 is 15.2 Å². The van der Waals surface area contributed by atoms with E-state index in [-0.39, 0.29) is 5.82 Å². The summed E-state index contributed by atoms with van der Waals surface area (Å²) in [6.45, 7) is 7.48. The first-order chi connectivity index (χ1) is 9.24. The standard InChI is InChI=1S/C15H20FN3/c1-11-13(4-7-19-8-5-17-6-9-19)14-10-12(16)2-3-15(14)18-11/h2-3,10,17-18H,4-9H2,1H3. The van der Waals surface area contributed by atoms with E-state index < -0.39 is 0 Å². The number of H-pyrrole nitrogens is 1. The van der Waals surface area contributed by atoms with Gasteiger partial charge in [0.1, 0.15) is 5.82 Å². The quantitative estimate of drug-likeness (QED) is 0.886. The molecule has 1 aliphatic rings. The van der Waals surface area contributed by atoms with Crippen molar-refractivity contribution in [1.82, 2.24) is 15.2 Å². The highest BCUT2D eigenvalue weighted by Crippen LogP contribution is 2.23. The lowest BCUT2D eigenvalue weighted by atomic mass is 10.1. The van der Waals surface area contributed by atoms with E-state index in [1.54, 1.807) is 6.07 Å². The molecule has 0 spiro atoms. The smallest absolute Gasteiger partial charge is 0.123 e. The maximum atomic E-state index is 13.4. The van der Waals surface area contributed by atoms with Gasteiger partial charge in [0.2, 0.25) is 0 Å². The Bertz CT molecular complexity index is 570. The summed E-state index contributed by atoms with van der Waals surface area (Å²) in [4.78, 5) is 5.81. The minimum Gasteiger partial charge on any atom is -0.358 e. The number of aryl methyl sites for hydroxylation is 1. The molecule has 3 rings (SSSR count). The number of piperazine rings is 1. The van der Waals surface area contributed by atoms with Crippen LogP contribution in [0.3, 0.4) is 0 Å². The molecule has 0 radical (unpaired) electrons. The zero-order valence-electron chi connectivity index (χ0n) is 11.3. The van der Waals surface area contributed by atoms with Crippen molar-refractivity contribution in [2.75, 3.05) is 32.7 Å². The van der Waals surface area contributed by atoms with Gasteiger partial charge in [0, 0.05) is 49.3 Å². The van der Waals surface area contributed by atoms with Crippen molar-refractivity contribution in [2.45, 2.75) is 13.3 Å². The molecule has 1 fully saturated rings. The molecule has 2 heterocycles. The molecule has 0 amide bonds. The molecule has 1 aliphatic heterocycles. The molecule has 0 bridgehead atoms. The Morgan fingerprint density at radius 2 is 2.05 bits per heavy atom. The topological polar surface area (TPSA) is 31.1 Å². The first-order valence-electron chi connectivity index (χ1n) is 6.94. The number of hydrogen-bond acceptors (Lipinski definition) is 2. The zero-order chi connectivity index (χ0) is 13.2. The average Bonchev–Trinajstić information content (AvgIpc) is 2.73. The van der Waals surface area contributed by atoms with Crippen molar-refractivity contribution >= 4 is 10.9 Å². The fourth-order valence-corrected chi connectivity index (χ4v) is 2.88. The fraction of sp³-hybridized carbons (Fsp3) is 0.467. The van der Waals surface area contributed by atoms with Crippen molar-refractivity contribution in [3.63, 3.8) is 0 Å². The van der Waals surface area contributed by atoms with Crippen molar-refractivity contribution in [2.24, 2.45) is 0 Å². The number of nitrogens with one attached hydrogen (secondary N) is 2. The Kier molecular flexibility index (Phi) is 3.53. The first-order valence-corrected chi connectivity index (χ1v) is 6.94. The van der Waals surface area contributed by atoms with E-state index in [1.807, 2.05) is 6.07 Å². The Hall–Kier alpha value is -1.39. The van der Waals surface area contributed by atoms with Crippen LogP contribution in [-0.2, 0) is 6.42 Å². The summed E-state index contributed by atoms with van der Waals surface area (Å²) in [7, 11) is 0. The molecule has 4 heteroatoms. The second-order valence-electron chi connectivity index (χ2n) is 5.26. The summed E-state index contributed by atoms with van der Waals surface area (Å²) < 4.78 is 13.4. The monoisotopic (exact) mass is 261 g/mol. The van der Waals surface area contributed by atoms with Crippen molar-refractivity contribution in [1.29, 1.82) is 0 Å². The molecule has 2 aromatic rings. The Labute approximate surface area is 112 Å². The highest BCUT2D eigenvalue weighted by atomic mass is 19.1. The van der Waals surface area contributed by atoms with Crippen LogP contribution in [0.2, 0.25) is 0 Å². The summed E-state index contributed by atoms with van der Waals surface area (Å²) in [5, 5.41) is 4.39. The molecule has 102 valence electrons. The van der Waals surface area contributed by atoms with Crippen LogP contribution in [0.4, 0.5) is 4.39 Å². The van der Waals surface area contributed by atoms with Crippen molar-refractivity contribution in [3.8, 4) is 0 Å². The molecule has 3 nitrogen and oxygen atoms in total. The van der Waals surface area contributed by atoms with Gasteiger partial charge in [0.05, 0.1) is 0 Å². The van der Waals surface area contributed by atoms with E-state index in [1.165, 1.54) is 11.6 Å². The Balaban J connectivity index is 1.79. The summed E-state index contributed by atoms with van der Waals surface area (Å²) in [6, 6.07) is 4.98. The van der Waals surface area contributed by atoms with Gasteiger partial charge in [-0.3, -0.25) is 0 Å². The van der Waals surface area contributed by atoms with Crippen LogP contribution in [0, 0.1) is 12.7 Å². The van der Waals surface area contributed by atoms with Crippen LogP contribution in [-0.4, -0.2) is 42.6 Å². The van der Waals surface area contributed by atoms with E-state index in [0.717, 1.165) is 55.7 Å².